The largest absolute Gasteiger partial charge is 0.478 e. The molecule has 2 heterocycles. The molecule has 10 heteroatoms. The van der Waals surface area contributed by atoms with Gasteiger partial charge < -0.3 is 10.0 Å². The van der Waals surface area contributed by atoms with E-state index < -0.39 is 29.9 Å². The molecule has 7 nitrogen and oxygen atoms in total. The smallest absolute Gasteiger partial charge is 0.335 e. The van der Waals surface area contributed by atoms with Crippen molar-refractivity contribution in [1.82, 2.24) is 14.0 Å². The molecule has 1 saturated heterocycles. The van der Waals surface area contributed by atoms with Crippen LogP contribution in [-0.4, -0.2) is 50.0 Å². The molecule has 1 aliphatic heterocycles. The SMILES string of the molecule is O=C(O)c1cccc(C2(n3c(=O)n(-c4ccc(C(=O)N5CCC(F)(F)C5)cc4)c4cc(Cl)ccc43)CC2)c1. The summed E-state index contributed by atoms with van der Waals surface area (Å²) in [5.74, 6) is -4.41. The minimum Gasteiger partial charge on any atom is -0.478 e. The van der Waals surface area contributed by atoms with Gasteiger partial charge in [0.15, 0.2) is 0 Å². The maximum Gasteiger partial charge on any atom is 0.335 e. The number of amides is 1. The van der Waals surface area contributed by atoms with Crippen molar-refractivity contribution < 1.29 is 23.5 Å². The van der Waals surface area contributed by atoms with Crippen LogP contribution in [0.25, 0.3) is 16.7 Å². The van der Waals surface area contributed by atoms with Crippen molar-refractivity contribution >= 4 is 34.5 Å². The van der Waals surface area contributed by atoms with Gasteiger partial charge in [-0.3, -0.25) is 13.9 Å². The van der Waals surface area contributed by atoms with Crippen LogP contribution in [0.15, 0.2) is 71.5 Å². The number of hydrogen-bond donors (Lipinski definition) is 1. The van der Waals surface area contributed by atoms with E-state index in [2.05, 4.69) is 0 Å². The van der Waals surface area contributed by atoms with Crippen molar-refractivity contribution in [1.29, 1.82) is 0 Å². The van der Waals surface area contributed by atoms with Crippen molar-refractivity contribution in [3.8, 4) is 5.69 Å². The van der Waals surface area contributed by atoms with E-state index in [9.17, 15) is 28.3 Å². The molecule has 0 spiro atoms. The second-order valence-corrected chi connectivity index (χ2v) is 10.3. The number of rotatable bonds is 5. The number of hydrogen-bond acceptors (Lipinski definition) is 3. The minimum atomic E-state index is -2.88. The van der Waals surface area contributed by atoms with E-state index in [1.54, 1.807) is 47.0 Å². The lowest BCUT2D eigenvalue weighted by Crippen LogP contribution is -2.32. The quantitative estimate of drug-likeness (QED) is 0.381. The maximum absolute atomic E-state index is 14.0. The van der Waals surface area contributed by atoms with Crippen molar-refractivity contribution in [2.24, 2.45) is 0 Å². The van der Waals surface area contributed by atoms with Crippen molar-refractivity contribution in [2.75, 3.05) is 13.1 Å². The van der Waals surface area contributed by atoms with Crippen molar-refractivity contribution in [2.45, 2.75) is 30.7 Å². The standard InChI is InChI=1S/C28H22ClF2N3O4/c29-20-6-9-22-23(15-20)33(21-7-4-17(5-8-21)24(35)32-13-12-28(30,31)16-32)26(38)34(22)27(10-11-27)19-3-1-2-18(14-19)25(36)37/h1-9,14-15H,10-13,16H2,(H,36,37). The van der Waals surface area contributed by atoms with E-state index in [1.165, 1.54) is 22.8 Å². The van der Waals surface area contributed by atoms with Crippen LogP contribution in [0.2, 0.25) is 5.02 Å². The van der Waals surface area contributed by atoms with Crippen LogP contribution in [-0.2, 0) is 5.54 Å². The van der Waals surface area contributed by atoms with E-state index in [0.717, 1.165) is 10.5 Å². The Morgan fingerprint density at radius 3 is 2.26 bits per heavy atom. The number of carboxylic acid groups (broad SMARTS) is 1. The van der Waals surface area contributed by atoms with E-state index in [1.807, 2.05) is 6.07 Å². The molecule has 2 fully saturated rings. The van der Waals surface area contributed by atoms with Gasteiger partial charge in [0.05, 0.1) is 34.4 Å². The normalized spacial score (nSPS) is 17.6. The number of halogens is 3. The fourth-order valence-corrected chi connectivity index (χ4v) is 5.55. The number of fused-ring (bicyclic) bond motifs is 1. The van der Waals surface area contributed by atoms with Gasteiger partial charge in [0.2, 0.25) is 0 Å². The first-order valence-electron chi connectivity index (χ1n) is 12.1. The lowest BCUT2D eigenvalue weighted by atomic mass is 10.0. The molecular weight excluding hydrogens is 516 g/mol. The van der Waals surface area contributed by atoms with Gasteiger partial charge in [0, 0.05) is 23.6 Å². The Balaban J connectivity index is 1.44. The molecule has 1 aromatic heterocycles. The first-order valence-corrected chi connectivity index (χ1v) is 12.5. The molecule has 38 heavy (non-hydrogen) atoms. The monoisotopic (exact) mass is 537 g/mol. The van der Waals surface area contributed by atoms with Gasteiger partial charge >= 0.3 is 11.7 Å². The first-order chi connectivity index (χ1) is 18.1. The number of benzene rings is 3. The molecule has 0 unspecified atom stereocenters. The fraction of sp³-hybridized carbons (Fsp3) is 0.250. The number of aromatic nitrogens is 2. The van der Waals surface area contributed by atoms with Crippen LogP contribution in [0, 0.1) is 0 Å². The Hall–Kier alpha value is -3.98. The number of imidazole rings is 1. The average Bonchev–Trinajstić information content (AvgIpc) is 3.53. The molecule has 1 aliphatic carbocycles. The number of carbonyl (C=O) groups excluding carboxylic acids is 1. The zero-order chi connectivity index (χ0) is 26.8. The summed E-state index contributed by atoms with van der Waals surface area (Å²) in [5.41, 5.74) is 1.78. The van der Waals surface area contributed by atoms with Crippen LogP contribution in [0.5, 0.6) is 0 Å². The second-order valence-electron chi connectivity index (χ2n) is 9.88. The average molecular weight is 538 g/mol. The molecule has 1 amide bonds. The third-order valence-electron chi connectivity index (χ3n) is 7.43. The van der Waals surface area contributed by atoms with Crippen LogP contribution in [0.1, 0.15) is 45.5 Å². The predicted molar refractivity (Wildman–Crippen MR) is 138 cm³/mol. The molecule has 0 bridgehead atoms. The molecule has 4 aromatic rings. The molecule has 2 aliphatic rings. The van der Waals surface area contributed by atoms with Gasteiger partial charge in [0.25, 0.3) is 11.8 Å². The second kappa shape index (κ2) is 8.52. The Labute approximate surface area is 220 Å². The van der Waals surface area contributed by atoms with Crippen LogP contribution in [0.4, 0.5) is 8.78 Å². The highest BCUT2D eigenvalue weighted by Gasteiger charge is 2.49. The molecule has 1 saturated carbocycles. The summed E-state index contributed by atoms with van der Waals surface area (Å²) >= 11 is 6.30. The Bertz CT molecular complexity index is 1670. The van der Waals surface area contributed by atoms with Gasteiger partial charge in [0.1, 0.15) is 0 Å². The summed E-state index contributed by atoms with van der Waals surface area (Å²) in [6, 6.07) is 18.0. The zero-order valence-electron chi connectivity index (χ0n) is 20.0. The highest BCUT2D eigenvalue weighted by Crippen LogP contribution is 2.50. The third-order valence-corrected chi connectivity index (χ3v) is 7.66. The molecular formula is C28H22ClF2N3O4. The van der Waals surface area contributed by atoms with E-state index in [-0.39, 0.29) is 29.8 Å². The first kappa shape index (κ1) is 24.4. The molecule has 1 N–H and O–H groups in total. The Morgan fingerprint density at radius 2 is 1.63 bits per heavy atom. The van der Waals surface area contributed by atoms with Gasteiger partial charge in [-0.25, -0.2) is 18.4 Å². The summed E-state index contributed by atoms with van der Waals surface area (Å²) in [4.78, 5) is 39.4. The highest BCUT2D eigenvalue weighted by atomic mass is 35.5. The number of carboxylic acids is 1. The highest BCUT2D eigenvalue weighted by molar-refractivity contribution is 6.31. The van der Waals surface area contributed by atoms with E-state index in [0.29, 0.717) is 34.6 Å². The zero-order valence-corrected chi connectivity index (χ0v) is 20.8. The van der Waals surface area contributed by atoms with E-state index in [4.69, 9.17) is 11.6 Å². The summed E-state index contributed by atoms with van der Waals surface area (Å²) in [6.07, 6.45) is 0.959. The van der Waals surface area contributed by atoms with Crippen LogP contribution >= 0.6 is 11.6 Å². The van der Waals surface area contributed by atoms with Gasteiger partial charge in [-0.2, -0.15) is 0 Å². The van der Waals surface area contributed by atoms with Crippen molar-refractivity contribution in [3.63, 3.8) is 0 Å². The lowest BCUT2D eigenvalue weighted by Gasteiger charge is -2.18. The molecule has 6 rings (SSSR count). The third kappa shape index (κ3) is 3.89. The summed E-state index contributed by atoms with van der Waals surface area (Å²) < 4.78 is 30.4. The van der Waals surface area contributed by atoms with Gasteiger partial charge in [-0.15, -0.1) is 0 Å². The maximum atomic E-state index is 14.0. The number of carbonyl (C=O) groups is 2. The lowest BCUT2D eigenvalue weighted by molar-refractivity contribution is 0.0120. The van der Waals surface area contributed by atoms with Crippen LogP contribution < -0.4 is 5.69 Å². The molecule has 0 atom stereocenters. The fourth-order valence-electron chi connectivity index (χ4n) is 5.38. The van der Waals surface area contributed by atoms with Crippen LogP contribution in [0.3, 0.4) is 0 Å². The molecule has 3 aromatic carbocycles. The number of likely N-dealkylation sites (tertiary alicyclic amines) is 1. The summed E-state index contributed by atoms with van der Waals surface area (Å²) in [7, 11) is 0. The predicted octanol–water partition coefficient (Wildman–Crippen LogP) is 5.16. The number of nitrogens with zero attached hydrogens (tertiary/aromatic N) is 3. The molecule has 0 radical (unpaired) electrons. The number of alkyl halides is 2. The number of aromatic carboxylic acids is 1. The van der Waals surface area contributed by atoms with Gasteiger partial charge in [-0.1, -0.05) is 23.7 Å². The van der Waals surface area contributed by atoms with E-state index >= 15 is 0 Å². The summed E-state index contributed by atoms with van der Waals surface area (Å²) in [5, 5.41) is 9.91. The minimum absolute atomic E-state index is 0.00973. The Kier molecular flexibility index (Phi) is 5.47. The molecule has 194 valence electrons. The Morgan fingerprint density at radius 1 is 0.895 bits per heavy atom. The topological polar surface area (TPSA) is 84.5 Å². The van der Waals surface area contributed by atoms with Crippen molar-refractivity contribution in [3.05, 3.63) is 98.9 Å². The summed E-state index contributed by atoms with van der Waals surface area (Å²) in [6.45, 7) is -0.617. The van der Waals surface area contributed by atoms with Gasteiger partial charge in [-0.05, 0) is 73.0 Å².